The van der Waals surface area contributed by atoms with Gasteiger partial charge in [0.05, 0.1) is 0 Å². The predicted octanol–water partition coefficient (Wildman–Crippen LogP) is 4.06. The first kappa shape index (κ1) is 17.6. The molecule has 0 aromatic heterocycles. The number of hydrogen-bond donors (Lipinski definition) is 2. The van der Waals surface area contributed by atoms with Crippen LogP contribution in [0, 0.1) is 5.92 Å². The summed E-state index contributed by atoms with van der Waals surface area (Å²) < 4.78 is 0. The molecule has 0 bridgehead atoms. The maximum absolute atomic E-state index is 11.9. The number of ketones is 1. The SMILES string of the molecule is CC(=O)c1ccc(NC(=S)NC(=O)CCC2CCCCC2)cc1. The first-order valence-corrected chi connectivity index (χ1v) is 8.67. The summed E-state index contributed by atoms with van der Waals surface area (Å²) in [6.45, 7) is 1.53. The average molecular weight is 332 g/mol. The lowest BCUT2D eigenvalue weighted by atomic mass is 9.86. The average Bonchev–Trinajstić information content (AvgIpc) is 2.54. The molecular formula is C18H24N2O2S. The quantitative estimate of drug-likeness (QED) is 0.630. The fourth-order valence-electron chi connectivity index (χ4n) is 2.95. The van der Waals surface area contributed by atoms with Gasteiger partial charge in [-0.25, -0.2) is 0 Å². The lowest BCUT2D eigenvalue weighted by molar-refractivity contribution is -0.120. The van der Waals surface area contributed by atoms with Gasteiger partial charge in [0.2, 0.25) is 5.91 Å². The van der Waals surface area contributed by atoms with Crippen molar-refractivity contribution in [2.24, 2.45) is 5.92 Å². The number of carbonyl (C=O) groups is 2. The molecule has 0 atom stereocenters. The van der Waals surface area contributed by atoms with Gasteiger partial charge in [-0.3, -0.25) is 9.59 Å². The third kappa shape index (κ3) is 6.10. The highest BCUT2D eigenvalue weighted by Gasteiger charge is 2.15. The number of Topliss-reactive ketones (excluding diaryl/α,β-unsaturated/α-hetero) is 1. The maximum Gasteiger partial charge on any atom is 0.226 e. The predicted molar refractivity (Wildman–Crippen MR) is 96.6 cm³/mol. The highest BCUT2D eigenvalue weighted by Crippen LogP contribution is 2.27. The number of nitrogens with one attached hydrogen (secondary N) is 2. The van der Waals surface area contributed by atoms with E-state index in [1.54, 1.807) is 24.3 Å². The topological polar surface area (TPSA) is 58.2 Å². The Labute approximate surface area is 143 Å². The van der Waals surface area contributed by atoms with Crippen LogP contribution in [0.4, 0.5) is 5.69 Å². The summed E-state index contributed by atoms with van der Waals surface area (Å²) in [5.74, 6) is 0.679. The Bertz CT molecular complexity index is 563. The van der Waals surface area contributed by atoms with Crippen LogP contribution in [0.3, 0.4) is 0 Å². The second-order valence-corrected chi connectivity index (χ2v) is 6.59. The molecule has 1 fully saturated rings. The minimum atomic E-state index is -0.0339. The molecule has 124 valence electrons. The molecule has 1 saturated carbocycles. The van der Waals surface area contributed by atoms with Gasteiger partial charge >= 0.3 is 0 Å². The molecule has 0 aliphatic heterocycles. The van der Waals surface area contributed by atoms with E-state index < -0.39 is 0 Å². The van der Waals surface area contributed by atoms with Crippen molar-refractivity contribution in [2.75, 3.05) is 5.32 Å². The summed E-state index contributed by atoms with van der Waals surface area (Å²) in [6.07, 6.45) is 7.89. The maximum atomic E-state index is 11.9. The molecule has 1 aliphatic rings. The molecule has 0 saturated heterocycles. The van der Waals surface area contributed by atoms with Crippen LogP contribution in [0.15, 0.2) is 24.3 Å². The first-order chi connectivity index (χ1) is 11.0. The molecule has 5 heteroatoms. The molecule has 4 nitrogen and oxygen atoms in total. The van der Waals surface area contributed by atoms with Crippen LogP contribution < -0.4 is 10.6 Å². The minimum Gasteiger partial charge on any atom is -0.332 e. The molecule has 23 heavy (non-hydrogen) atoms. The van der Waals surface area contributed by atoms with Gasteiger partial charge in [-0.2, -0.15) is 0 Å². The van der Waals surface area contributed by atoms with E-state index in [9.17, 15) is 9.59 Å². The van der Waals surface area contributed by atoms with E-state index in [2.05, 4.69) is 10.6 Å². The Morgan fingerprint density at radius 3 is 2.39 bits per heavy atom. The lowest BCUT2D eigenvalue weighted by Gasteiger charge is -2.21. The Morgan fingerprint density at radius 2 is 1.78 bits per heavy atom. The fourth-order valence-corrected chi connectivity index (χ4v) is 3.18. The number of rotatable bonds is 5. The van der Waals surface area contributed by atoms with Crippen molar-refractivity contribution in [3.05, 3.63) is 29.8 Å². The number of hydrogen-bond acceptors (Lipinski definition) is 3. The molecule has 0 radical (unpaired) electrons. The van der Waals surface area contributed by atoms with Crippen LogP contribution >= 0.6 is 12.2 Å². The Morgan fingerprint density at radius 1 is 1.13 bits per heavy atom. The second kappa shape index (κ2) is 8.77. The molecule has 0 unspecified atom stereocenters. The zero-order valence-corrected chi connectivity index (χ0v) is 14.4. The normalized spacial score (nSPS) is 15.0. The smallest absolute Gasteiger partial charge is 0.226 e. The van der Waals surface area contributed by atoms with Crippen molar-refractivity contribution in [1.82, 2.24) is 5.32 Å². The molecule has 1 aliphatic carbocycles. The van der Waals surface area contributed by atoms with Gasteiger partial charge in [0.1, 0.15) is 0 Å². The van der Waals surface area contributed by atoms with Gasteiger partial charge in [-0.1, -0.05) is 32.1 Å². The van der Waals surface area contributed by atoms with E-state index in [4.69, 9.17) is 12.2 Å². The van der Waals surface area contributed by atoms with E-state index in [1.807, 2.05) is 0 Å². The zero-order chi connectivity index (χ0) is 16.7. The van der Waals surface area contributed by atoms with Gasteiger partial charge in [0, 0.05) is 17.7 Å². The minimum absolute atomic E-state index is 0.0233. The Hall–Kier alpha value is -1.75. The molecule has 1 aromatic rings. The van der Waals surface area contributed by atoms with Crippen molar-refractivity contribution >= 4 is 34.7 Å². The van der Waals surface area contributed by atoms with Crippen LogP contribution in [0.1, 0.15) is 62.2 Å². The summed E-state index contributed by atoms with van der Waals surface area (Å²) in [6, 6.07) is 7.02. The zero-order valence-electron chi connectivity index (χ0n) is 13.6. The number of amides is 1. The summed E-state index contributed by atoms with van der Waals surface area (Å²) in [5.41, 5.74) is 1.41. The number of thiocarbonyl (C=S) groups is 1. The molecule has 2 rings (SSSR count). The van der Waals surface area contributed by atoms with Gasteiger partial charge in [-0.05, 0) is 55.7 Å². The Kier molecular flexibility index (Phi) is 6.71. The van der Waals surface area contributed by atoms with Crippen molar-refractivity contribution in [3.8, 4) is 0 Å². The van der Waals surface area contributed by atoms with Crippen molar-refractivity contribution < 1.29 is 9.59 Å². The number of anilines is 1. The number of benzene rings is 1. The fraction of sp³-hybridized carbons (Fsp3) is 0.500. The molecular weight excluding hydrogens is 308 g/mol. The molecule has 0 heterocycles. The van der Waals surface area contributed by atoms with E-state index >= 15 is 0 Å². The van der Waals surface area contributed by atoms with Crippen molar-refractivity contribution in [1.29, 1.82) is 0 Å². The molecule has 2 N–H and O–H groups in total. The summed E-state index contributed by atoms with van der Waals surface area (Å²) in [5, 5.41) is 5.99. The van der Waals surface area contributed by atoms with Gasteiger partial charge in [0.15, 0.2) is 10.9 Å². The third-order valence-electron chi connectivity index (χ3n) is 4.31. The molecule has 1 aromatic carbocycles. The van der Waals surface area contributed by atoms with Crippen LogP contribution in [-0.2, 0) is 4.79 Å². The largest absolute Gasteiger partial charge is 0.332 e. The summed E-state index contributed by atoms with van der Waals surface area (Å²) in [7, 11) is 0. The van der Waals surface area contributed by atoms with Crippen molar-refractivity contribution in [3.63, 3.8) is 0 Å². The first-order valence-electron chi connectivity index (χ1n) is 8.26. The summed E-state index contributed by atoms with van der Waals surface area (Å²) in [4.78, 5) is 23.2. The molecule has 0 spiro atoms. The number of carbonyl (C=O) groups excluding carboxylic acids is 2. The van der Waals surface area contributed by atoms with Crippen LogP contribution in [0.25, 0.3) is 0 Å². The van der Waals surface area contributed by atoms with E-state index in [1.165, 1.54) is 39.0 Å². The van der Waals surface area contributed by atoms with Gasteiger partial charge in [-0.15, -0.1) is 0 Å². The van der Waals surface area contributed by atoms with Gasteiger partial charge in [0.25, 0.3) is 0 Å². The van der Waals surface area contributed by atoms with Crippen LogP contribution in [0.5, 0.6) is 0 Å². The van der Waals surface area contributed by atoms with E-state index in [0.717, 1.165) is 12.1 Å². The van der Waals surface area contributed by atoms with Gasteiger partial charge < -0.3 is 10.6 Å². The highest BCUT2D eigenvalue weighted by atomic mass is 32.1. The summed E-state index contributed by atoms with van der Waals surface area (Å²) >= 11 is 5.16. The Balaban J connectivity index is 1.72. The highest BCUT2D eigenvalue weighted by molar-refractivity contribution is 7.80. The second-order valence-electron chi connectivity index (χ2n) is 6.18. The lowest BCUT2D eigenvalue weighted by Crippen LogP contribution is -2.34. The van der Waals surface area contributed by atoms with Crippen LogP contribution in [0.2, 0.25) is 0 Å². The molecule has 1 amide bonds. The van der Waals surface area contributed by atoms with Crippen molar-refractivity contribution in [2.45, 2.75) is 51.9 Å². The standard InChI is InChI=1S/C18H24N2O2S/c1-13(21)15-8-10-16(11-9-15)19-18(23)20-17(22)12-7-14-5-3-2-4-6-14/h8-11,14H,2-7,12H2,1H3,(H2,19,20,22,23). The van der Waals surface area contributed by atoms with E-state index in [-0.39, 0.29) is 11.7 Å². The third-order valence-corrected chi connectivity index (χ3v) is 4.51. The monoisotopic (exact) mass is 332 g/mol. The van der Waals surface area contributed by atoms with Crippen LogP contribution in [-0.4, -0.2) is 16.8 Å². The van der Waals surface area contributed by atoms with E-state index in [0.29, 0.717) is 23.0 Å².